The van der Waals surface area contributed by atoms with E-state index in [9.17, 15) is 9.59 Å². The van der Waals surface area contributed by atoms with E-state index in [1.54, 1.807) is 24.3 Å². The van der Waals surface area contributed by atoms with Gasteiger partial charge >= 0.3 is 5.97 Å². The largest absolute Gasteiger partial charge is 0.481 e. The van der Waals surface area contributed by atoms with Crippen molar-refractivity contribution in [1.82, 2.24) is 0 Å². The zero-order chi connectivity index (χ0) is 13.1. The van der Waals surface area contributed by atoms with Crippen LogP contribution in [0.1, 0.15) is 17.9 Å². The maximum atomic E-state index is 11.6. The number of hydrogen-bond donors (Lipinski definition) is 2. The third kappa shape index (κ3) is 2.20. The number of carbonyl (C=O) groups is 2. The summed E-state index contributed by atoms with van der Waals surface area (Å²) in [5, 5.41) is 10.3. The summed E-state index contributed by atoms with van der Waals surface area (Å²) < 4.78 is 0. The highest BCUT2D eigenvalue weighted by Gasteiger charge is 2.29. The van der Waals surface area contributed by atoms with Gasteiger partial charge in [0.15, 0.2) is 0 Å². The number of hydroxylamine groups is 1. The van der Waals surface area contributed by atoms with Gasteiger partial charge in [-0.3, -0.25) is 14.4 Å². The maximum Gasteiger partial charge on any atom is 0.312 e. The normalized spacial score (nSPS) is 16.9. The Balaban J connectivity index is 2.42. The third-order valence-corrected chi connectivity index (χ3v) is 2.83. The second kappa shape index (κ2) is 5.16. The number of aliphatic carboxylic acids is 1. The third-order valence-electron chi connectivity index (χ3n) is 2.83. The van der Waals surface area contributed by atoms with Crippen molar-refractivity contribution in [1.29, 1.82) is 0 Å². The molecule has 0 radical (unpaired) electrons. The van der Waals surface area contributed by atoms with Gasteiger partial charge in [0, 0.05) is 6.54 Å². The molecule has 96 valence electrons. The summed E-state index contributed by atoms with van der Waals surface area (Å²) in [6.45, 7) is 0.280. The average Bonchev–Trinajstić information content (AvgIpc) is 2.76. The Morgan fingerprint density at radius 2 is 2.22 bits per heavy atom. The van der Waals surface area contributed by atoms with Crippen LogP contribution in [-0.4, -0.2) is 30.1 Å². The van der Waals surface area contributed by atoms with Crippen molar-refractivity contribution in [2.45, 2.75) is 12.3 Å². The molecule has 1 aliphatic rings. The number of rotatable bonds is 4. The number of nitrogens with zero attached hydrogens (tertiary/aromatic N) is 1. The van der Waals surface area contributed by atoms with Crippen LogP contribution in [0.3, 0.4) is 0 Å². The molecule has 6 nitrogen and oxygen atoms in total. The van der Waals surface area contributed by atoms with Gasteiger partial charge < -0.3 is 10.8 Å². The summed E-state index contributed by atoms with van der Waals surface area (Å²) in [5.41, 5.74) is 6.43. The molecule has 1 fully saturated rings. The van der Waals surface area contributed by atoms with E-state index in [1.165, 1.54) is 0 Å². The fourth-order valence-electron chi connectivity index (χ4n) is 1.93. The van der Waals surface area contributed by atoms with Gasteiger partial charge in [0.25, 0.3) is 5.91 Å². The molecular weight excluding hydrogens is 236 g/mol. The fourth-order valence-corrected chi connectivity index (χ4v) is 1.93. The van der Waals surface area contributed by atoms with Gasteiger partial charge in [0.1, 0.15) is 0 Å². The average molecular weight is 250 g/mol. The van der Waals surface area contributed by atoms with Gasteiger partial charge in [-0.2, -0.15) is 5.06 Å². The van der Waals surface area contributed by atoms with Gasteiger partial charge in [0.2, 0.25) is 0 Å². The van der Waals surface area contributed by atoms with Crippen molar-refractivity contribution in [3.05, 3.63) is 29.8 Å². The quantitative estimate of drug-likeness (QED) is 0.810. The summed E-state index contributed by atoms with van der Waals surface area (Å²) in [4.78, 5) is 28.0. The highest BCUT2D eigenvalue weighted by Crippen LogP contribution is 2.30. The predicted octanol–water partition coefficient (Wildman–Crippen LogP) is 0.482. The minimum atomic E-state index is -1.02. The van der Waals surface area contributed by atoms with Crippen molar-refractivity contribution >= 4 is 17.6 Å². The van der Waals surface area contributed by atoms with E-state index in [0.29, 0.717) is 24.3 Å². The minimum Gasteiger partial charge on any atom is -0.481 e. The predicted molar refractivity (Wildman–Crippen MR) is 63.9 cm³/mol. The zero-order valence-electron chi connectivity index (χ0n) is 9.70. The summed E-state index contributed by atoms with van der Waals surface area (Å²) in [6.07, 6.45) is 0.300. The molecule has 1 atom stereocenters. The van der Waals surface area contributed by atoms with E-state index >= 15 is 0 Å². The number of amides is 1. The van der Waals surface area contributed by atoms with Crippen LogP contribution >= 0.6 is 0 Å². The Kier molecular flexibility index (Phi) is 3.59. The Morgan fingerprint density at radius 1 is 1.50 bits per heavy atom. The Bertz CT molecular complexity index is 454. The van der Waals surface area contributed by atoms with Crippen LogP contribution in [0.5, 0.6) is 0 Å². The van der Waals surface area contributed by atoms with E-state index < -0.39 is 11.9 Å². The number of carbonyl (C=O) groups excluding carboxylic acids is 1. The molecule has 1 aliphatic heterocycles. The molecular formula is C12H14N2O4. The summed E-state index contributed by atoms with van der Waals surface area (Å²) in [6, 6.07) is 6.74. The molecule has 1 amide bonds. The molecule has 0 saturated carbocycles. The van der Waals surface area contributed by atoms with Crippen LogP contribution in [0.25, 0.3) is 0 Å². The first-order chi connectivity index (χ1) is 8.65. The van der Waals surface area contributed by atoms with Gasteiger partial charge in [-0.05, 0) is 11.6 Å². The van der Waals surface area contributed by atoms with Gasteiger partial charge in [0.05, 0.1) is 24.6 Å². The molecule has 1 aromatic carbocycles. The fraction of sp³-hybridized carbons (Fsp3) is 0.333. The minimum absolute atomic E-state index is 0.0334. The molecule has 2 rings (SSSR count). The van der Waals surface area contributed by atoms with Crippen LogP contribution in [0, 0.1) is 0 Å². The lowest BCUT2D eigenvalue weighted by Crippen LogP contribution is -2.27. The number of nitrogens with two attached hydrogens (primary N) is 1. The first-order valence-electron chi connectivity index (χ1n) is 5.63. The van der Waals surface area contributed by atoms with Crippen LogP contribution < -0.4 is 10.8 Å². The van der Waals surface area contributed by atoms with Crippen molar-refractivity contribution in [2.24, 2.45) is 5.73 Å². The number of carboxylic acid groups (broad SMARTS) is 1. The molecule has 1 saturated heterocycles. The topological polar surface area (TPSA) is 92.9 Å². The highest BCUT2D eigenvalue weighted by atomic mass is 16.7. The molecule has 1 unspecified atom stereocenters. The van der Waals surface area contributed by atoms with Crippen LogP contribution in [0.4, 0.5) is 5.69 Å². The zero-order valence-corrected chi connectivity index (χ0v) is 9.70. The lowest BCUT2D eigenvalue weighted by atomic mass is 9.97. The number of hydrogen-bond acceptors (Lipinski definition) is 4. The molecule has 0 aliphatic carbocycles. The van der Waals surface area contributed by atoms with Crippen molar-refractivity contribution in [3.8, 4) is 0 Å². The number of anilines is 1. The SMILES string of the molecule is NCC(C(=O)O)c1ccccc1N1OCCC1=O. The van der Waals surface area contributed by atoms with E-state index in [-0.39, 0.29) is 12.5 Å². The molecule has 0 spiro atoms. The van der Waals surface area contributed by atoms with E-state index in [1.807, 2.05) is 0 Å². The monoisotopic (exact) mass is 250 g/mol. The summed E-state index contributed by atoms with van der Waals surface area (Å²) >= 11 is 0. The second-order valence-corrected chi connectivity index (χ2v) is 3.96. The second-order valence-electron chi connectivity index (χ2n) is 3.96. The van der Waals surface area contributed by atoms with E-state index in [4.69, 9.17) is 15.7 Å². The van der Waals surface area contributed by atoms with Crippen LogP contribution in [-0.2, 0) is 14.4 Å². The molecule has 0 bridgehead atoms. The molecule has 3 N–H and O–H groups in total. The molecule has 18 heavy (non-hydrogen) atoms. The van der Waals surface area contributed by atoms with Gasteiger partial charge in [-0.25, -0.2) is 0 Å². The number of para-hydroxylation sites is 1. The first kappa shape index (κ1) is 12.5. The van der Waals surface area contributed by atoms with Crippen LogP contribution in [0.15, 0.2) is 24.3 Å². The van der Waals surface area contributed by atoms with Crippen molar-refractivity contribution in [3.63, 3.8) is 0 Å². The number of carboxylic acids is 1. The lowest BCUT2D eigenvalue weighted by molar-refractivity contribution is -0.138. The standard InChI is InChI=1S/C12H14N2O4/c13-7-9(12(16)17)8-3-1-2-4-10(8)14-11(15)5-6-18-14/h1-4,9H,5-7,13H2,(H,16,17). The van der Waals surface area contributed by atoms with Crippen LogP contribution in [0.2, 0.25) is 0 Å². The van der Waals surface area contributed by atoms with Gasteiger partial charge in [-0.1, -0.05) is 18.2 Å². The number of benzene rings is 1. The Hall–Kier alpha value is -1.92. The molecule has 1 heterocycles. The highest BCUT2D eigenvalue weighted by molar-refractivity contribution is 5.94. The smallest absolute Gasteiger partial charge is 0.312 e. The first-order valence-corrected chi connectivity index (χ1v) is 5.63. The molecule has 6 heteroatoms. The molecule has 0 aromatic heterocycles. The Morgan fingerprint density at radius 3 is 2.78 bits per heavy atom. The van der Waals surface area contributed by atoms with E-state index in [2.05, 4.69) is 0 Å². The summed E-state index contributed by atoms with van der Waals surface area (Å²) in [5.74, 6) is -2.04. The van der Waals surface area contributed by atoms with Crippen molar-refractivity contribution < 1.29 is 19.5 Å². The lowest BCUT2D eigenvalue weighted by Gasteiger charge is -2.20. The molecule has 1 aromatic rings. The summed E-state index contributed by atoms with van der Waals surface area (Å²) in [7, 11) is 0. The Labute approximate surface area is 104 Å². The maximum absolute atomic E-state index is 11.6. The van der Waals surface area contributed by atoms with E-state index in [0.717, 1.165) is 5.06 Å². The van der Waals surface area contributed by atoms with Crippen molar-refractivity contribution in [2.75, 3.05) is 18.2 Å². The van der Waals surface area contributed by atoms with Gasteiger partial charge in [-0.15, -0.1) is 0 Å².